The van der Waals surface area contributed by atoms with Crippen LogP contribution in [0.3, 0.4) is 0 Å². The van der Waals surface area contributed by atoms with Crippen LogP contribution >= 0.6 is 11.6 Å². The van der Waals surface area contributed by atoms with E-state index in [9.17, 15) is 18.0 Å². The van der Waals surface area contributed by atoms with Crippen molar-refractivity contribution in [2.75, 3.05) is 18.8 Å². The summed E-state index contributed by atoms with van der Waals surface area (Å²) >= 11 is 5.87. The van der Waals surface area contributed by atoms with Gasteiger partial charge in [0, 0.05) is 12.2 Å². The van der Waals surface area contributed by atoms with Crippen molar-refractivity contribution in [3.8, 4) is 0 Å². The number of carbonyl (C=O) groups excluding carboxylic acids is 1. The van der Waals surface area contributed by atoms with Crippen molar-refractivity contribution in [2.45, 2.75) is 20.0 Å². The Morgan fingerprint density at radius 1 is 1.40 bits per heavy atom. The summed E-state index contributed by atoms with van der Waals surface area (Å²) in [6.07, 6.45) is -4.45. The maximum atomic E-state index is 12.5. The SMILES string of the molecule is CC(C)CN(CC(F)(F)F)C(=O)c1ccc(N)cc1Cl. The Balaban J connectivity index is 3.03. The van der Waals surface area contributed by atoms with Crippen LogP contribution in [0.15, 0.2) is 18.2 Å². The number of hydrogen-bond donors (Lipinski definition) is 1. The van der Waals surface area contributed by atoms with Crippen molar-refractivity contribution in [1.82, 2.24) is 4.90 Å². The summed E-state index contributed by atoms with van der Waals surface area (Å²) in [6.45, 7) is 2.17. The summed E-state index contributed by atoms with van der Waals surface area (Å²) in [6, 6.07) is 4.11. The number of carbonyl (C=O) groups is 1. The summed E-state index contributed by atoms with van der Waals surface area (Å²) in [5, 5.41) is 0.0472. The first-order chi connectivity index (χ1) is 9.10. The largest absolute Gasteiger partial charge is 0.406 e. The molecule has 3 nitrogen and oxygen atoms in total. The number of halogens is 4. The van der Waals surface area contributed by atoms with Gasteiger partial charge in [-0.15, -0.1) is 0 Å². The van der Waals surface area contributed by atoms with Gasteiger partial charge in [-0.1, -0.05) is 25.4 Å². The maximum absolute atomic E-state index is 12.5. The molecule has 7 heteroatoms. The van der Waals surface area contributed by atoms with Gasteiger partial charge < -0.3 is 10.6 Å². The smallest absolute Gasteiger partial charge is 0.399 e. The van der Waals surface area contributed by atoms with Gasteiger partial charge in [-0.3, -0.25) is 4.79 Å². The van der Waals surface area contributed by atoms with Gasteiger partial charge in [-0.05, 0) is 24.1 Å². The fraction of sp³-hybridized carbons (Fsp3) is 0.462. The number of alkyl halides is 3. The Morgan fingerprint density at radius 2 is 2.00 bits per heavy atom. The van der Waals surface area contributed by atoms with Gasteiger partial charge in [0.1, 0.15) is 6.54 Å². The summed E-state index contributed by atoms with van der Waals surface area (Å²) in [7, 11) is 0. The van der Waals surface area contributed by atoms with Gasteiger partial charge in [0.2, 0.25) is 0 Å². The van der Waals surface area contributed by atoms with E-state index in [1.807, 2.05) is 0 Å². The van der Waals surface area contributed by atoms with E-state index in [-0.39, 0.29) is 23.0 Å². The van der Waals surface area contributed by atoms with Crippen LogP contribution in [0.4, 0.5) is 18.9 Å². The fourth-order valence-corrected chi connectivity index (χ4v) is 2.02. The monoisotopic (exact) mass is 308 g/mol. The average molecular weight is 309 g/mol. The summed E-state index contributed by atoms with van der Waals surface area (Å²) in [4.78, 5) is 12.9. The van der Waals surface area contributed by atoms with Crippen LogP contribution < -0.4 is 5.73 Å². The minimum absolute atomic E-state index is 0.000944. The van der Waals surface area contributed by atoms with Crippen molar-refractivity contribution < 1.29 is 18.0 Å². The molecule has 0 spiro atoms. The van der Waals surface area contributed by atoms with E-state index >= 15 is 0 Å². The van der Waals surface area contributed by atoms with Crippen LogP contribution in [-0.2, 0) is 0 Å². The number of nitrogens with zero attached hydrogens (tertiary/aromatic N) is 1. The summed E-state index contributed by atoms with van der Waals surface area (Å²) in [5.74, 6) is -0.838. The van der Waals surface area contributed by atoms with Crippen LogP contribution in [0.5, 0.6) is 0 Å². The van der Waals surface area contributed by atoms with Crippen LogP contribution in [0.25, 0.3) is 0 Å². The number of amides is 1. The molecule has 0 unspecified atom stereocenters. The molecule has 1 rings (SSSR count). The third-order valence-electron chi connectivity index (χ3n) is 2.47. The van der Waals surface area contributed by atoms with E-state index in [1.54, 1.807) is 13.8 Å². The highest BCUT2D eigenvalue weighted by atomic mass is 35.5. The first-order valence-electron chi connectivity index (χ1n) is 6.01. The average Bonchev–Trinajstić information content (AvgIpc) is 2.24. The first kappa shape index (κ1) is 16.6. The Morgan fingerprint density at radius 3 is 2.45 bits per heavy atom. The topological polar surface area (TPSA) is 46.3 Å². The highest BCUT2D eigenvalue weighted by Gasteiger charge is 2.34. The molecule has 1 aromatic rings. The normalized spacial score (nSPS) is 11.8. The predicted molar refractivity (Wildman–Crippen MR) is 72.7 cm³/mol. The Labute approximate surface area is 120 Å². The summed E-state index contributed by atoms with van der Waals surface area (Å²) < 4.78 is 37.6. The lowest BCUT2D eigenvalue weighted by Gasteiger charge is -2.26. The van der Waals surface area contributed by atoms with Crippen molar-refractivity contribution in [1.29, 1.82) is 0 Å². The van der Waals surface area contributed by atoms with Crippen molar-refractivity contribution in [2.24, 2.45) is 5.92 Å². The van der Waals surface area contributed by atoms with E-state index in [0.717, 1.165) is 4.90 Å². The Hall–Kier alpha value is -1.43. The number of benzene rings is 1. The number of nitrogen functional groups attached to an aromatic ring is 1. The van der Waals surface area contributed by atoms with Gasteiger partial charge in [0.25, 0.3) is 5.91 Å². The number of anilines is 1. The Bertz CT molecular complexity index is 489. The van der Waals surface area contributed by atoms with Gasteiger partial charge >= 0.3 is 6.18 Å². The van der Waals surface area contributed by atoms with Crippen LogP contribution in [-0.4, -0.2) is 30.1 Å². The third-order valence-corrected chi connectivity index (χ3v) is 2.78. The van der Waals surface area contributed by atoms with E-state index in [0.29, 0.717) is 5.69 Å². The first-order valence-corrected chi connectivity index (χ1v) is 6.39. The number of nitrogens with two attached hydrogens (primary N) is 1. The molecule has 20 heavy (non-hydrogen) atoms. The zero-order valence-electron chi connectivity index (χ0n) is 11.2. The second-order valence-corrected chi connectivity index (χ2v) is 5.34. The highest BCUT2D eigenvalue weighted by molar-refractivity contribution is 6.34. The summed E-state index contributed by atoms with van der Waals surface area (Å²) in [5.41, 5.74) is 5.86. The van der Waals surface area contributed by atoms with Crippen molar-refractivity contribution in [3.63, 3.8) is 0 Å². The lowest BCUT2D eigenvalue weighted by atomic mass is 10.1. The van der Waals surface area contributed by atoms with Crippen LogP contribution in [0.1, 0.15) is 24.2 Å². The zero-order chi connectivity index (χ0) is 15.5. The molecular weight excluding hydrogens is 293 g/mol. The predicted octanol–water partition coefficient (Wildman–Crippen LogP) is 3.58. The standard InChI is InChI=1S/C13H16ClF3N2O/c1-8(2)6-19(7-13(15,16)17)12(20)10-4-3-9(18)5-11(10)14/h3-5,8H,6-7,18H2,1-2H3. The van der Waals surface area contributed by atoms with Crippen LogP contribution in [0.2, 0.25) is 5.02 Å². The molecule has 0 heterocycles. The fourth-order valence-electron chi connectivity index (χ4n) is 1.75. The van der Waals surface area contributed by atoms with Gasteiger partial charge in [0.15, 0.2) is 0 Å². The molecule has 0 aliphatic carbocycles. The Kier molecular flexibility index (Phi) is 5.28. The van der Waals surface area contributed by atoms with Crippen molar-refractivity contribution in [3.05, 3.63) is 28.8 Å². The van der Waals surface area contributed by atoms with Gasteiger partial charge in [-0.2, -0.15) is 13.2 Å². The molecule has 0 bridgehead atoms. The lowest BCUT2D eigenvalue weighted by molar-refractivity contribution is -0.141. The van der Waals surface area contributed by atoms with E-state index in [2.05, 4.69) is 0 Å². The number of rotatable bonds is 4. The maximum Gasteiger partial charge on any atom is 0.406 e. The molecule has 0 fully saturated rings. The van der Waals surface area contributed by atoms with E-state index < -0.39 is 18.6 Å². The third kappa shape index (κ3) is 4.92. The molecule has 1 amide bonds. The molecule has 0 atom stereocenters. The molecule has 112 valence electrons. The number of hydrogen-bond acceptors (Lipinski definition) is 2. The molecule has 0 aromatic heterocycles. The molecule has 0 aliphatic rings. The molecule has 2 N–H and O–H groups in total. The van der Waals surface area contributed by atoms with Gasteiger partial charge in [-0.25, -0.2) is 0 Å². The van der Waals surface area contributed by atoms with Crippen LogP contribution in [0, 0.1) is 5.92 Å². The molecule has 0 radical (unpaired) electrons. The molecular formula is C13H16ClF3N2O. The van der Waals surface area contributed by atoms with E-state index in [1.165, 1.54) is 18.2 Å². The molecule has 0 saturated heterocycles. The highest BCUT2D eigenvalue weighted by Crippen LogP contribution is 2.24. The van der Waals surface area contributed by atoms with Gasteiger partial charge in [0.05, 0.1) is 10.6 Å². The molecule has 1 aromatic carbocycles. The lowest BCUT2D eigenvalue weighted by Crippen LogP contribution is -2.41. The zero-order valence-corrected chi connectivity index (χ0v) is 11.9. The molecule has 0 saturated carbocycles. The second kappa shape index (κ2) is 6.35. The van der Waals surface area contributed by atoms with E-state index in [4.69, 9.17) is 17.3 Å². The molecule has 0 aliphatic heterocycles. The van der Waals surface area contributed by atoms with Crippen molar-refractivity contribution >= 4 is 23.2 Å². The minimum Gasteiger partial charge on any atom is -0.399 e. The second-order valence-electron chi connectivity index (χ2n) is 4.93. The minimum atomic E-state index is -4.45. The quantitative estimate of drug-likeness (QED) is 0.864.